The first-order valence-electron chi connectivity index (χ1n) is 5.64. The van der Waals surface area contributed by atoms with Crippen LogP contribution in [0.3, 0.4) is 0 Å². The van der Waals surface area contributed by atoms with Crippen LogP contribution in [0.15, 0.2) is 30.8 Å². The van der Waals surface area contributed by atoms with Crippen molar-refractivity contribution >= 4 is 11.5 Å². The summed E-state index contributed by atoms with van der Waals surface area (Å²) in [7, 11) is 1.24. The Labute approximate surface area is 107 Å². The van der Waals surface area contributed by atoms with Crippen molar-refractivity contribution in [1.29, 1.82) is 0 Å². The van der Waals surface area contributed by atoms with Gasteiger partial charge in [-0.15, -0.1) is 0 Å². The minimum Gasteiger partial charge on any atom is -0.469 e. The second-order valence-corrected chi connectivity index (χ2v) is 4.19. The molecule has 0 aliphatic carbocycles. The molecule has 1 aromatic rings. The number of carbonyl (C=O) groups excluding carboxylic acids is 1. The molecule has 4 heteroatoms. The minimum absolute atomic E-state index is 0.236. The molecule has 0 saturated carbocycles. The van der Waals surface area contributed by atoms with Gasteiger partial charge in [0.15, 0.2) is 0 Å². The second-order valence-electron chi connectivity index (χ2n) is 4.19. The molecule has 0 aliphatic rings. The van der Waals surface area contributed by atoms with Crippen molar-refractivity contribution in [3.8, 4) is 0 Å². The van der Waals surface area contributed by atoms with E-state index in [1.54, 1.807) is 12.1 Å². The quantitative estimate of drug-likeness (QED) is 0.780. The van der Waals surface area contributed by atoms with Gasteiger partial charge in [-0.3, -0.25) is 4.79 Å². The summed E-state index contributed by atoms with van der Waals surface area (Å²) in [5.41, 5.74) is 2.44. The molecule has 4 nitrogen and oxygen atoms in total. The smallest absolute Gasteiger partial charge is 0.308 e. The van der Waals surface area contributed by atoms with Crippen LogP contribution in [0.5, 0.6) is 0 Å². The van der Waals surface area contributed by atoms with Crippen molar-refractivity contribution in [3.63, 3.8) is 0 Å². The van der Waals surface area contributed by atoms with Gasteiger partial charge in [0.1, 0.15) is 6.10 Å². The van der Waals surface area contributed by atoms with Crippen LogP contribution in [0.1, 0.15) is 30.6 Å². The highest BCUT2D eigenvalue weighted by atomic mass is 16.5. The summed E-state index contributed by atoms with van der Waals surface area (Å²) in [4.78, 5) is 11.0. The molecule has 2 N–H and O–H groups in total. The van der Waals surface area contributed by atoms with Crippen molar-refractivity contribution < 1.29 is 19.7 Å². The fourth-order valence-electron chi connectivity index (χ4n) is 1.55. The first-order valence-corrected chi connectivity index (χ1v) is 5.64. The maximum atomic E-state index is 11.0. The molecule has 0 heterocycles. The van der Waals surface area contributed by atoms with E-state index in [0.29, 0.717) is 5.56 Å². The Hall–Kier alpha value is -1.65. The number of benzene rings is 1. The molecule has 0 saturated heterocycles. The maximum absolute atomic E-state index is 11.0. The van der Waals surface area contributed by atoms with Gasteiger partial charge in [-0.25, -0.2) is 0 Å². The zero-order valence-corrected chi connectivity index (χ0v) is 10.6. The van der Waals surface area contributed by atoms with Gasteiger partial charge in [0.05, 0.1) is 19.6 Å². The van der Waals surface area contributed by atoms with Gasteiger partial charge >= 0.3 is 5.97 Å². The first-order chi connectivity index (χ1) is 8.45. The monoisotopic (exact) mass is 250 g/mol. The lowest BCUT2D eigenvalue weighted by molar-refractivity contribution is -0.144. The Bertz CT molecular complexity index is 422. The van der Waals surface area contributed by atoms with Crippen LogP contribution in [0.2, 0.25) is 0 Å². The number of allylic oxidation sites excluding steroid dienone is 1. The molecular weight excluding hydrogens is 232 g/mol. The van der Waals surface area contributed by atoms with Gasteiger partial charge < -0.3 is 14.9 Å². The van der Waals surface area contributed by atoms with Gasteiger partial charge in [-0.1, -0.05) is 36.4 Å². The molecule has 2 unspecified atom stereocenters. The van der Waals surface area contributed by atoms with Crippen LogP contribution >= 0.6 is 0 Å². The fourth-order valence-corrected chi connectivity index (χ4v) is 1.55. The van der Waals surface area contributed by atoms with Crippen molar-refractivity contribution in [3.05, 3.63) is 42.0 Å². The zero-order chi connectivity index (χ0) is 13.7. The summed E-state index contributed by atoms with van der Waals surface area (Å²) < 4.78 is 4.44. The Morgan fingerprint density at radius 3 is 2.33 bits per heavy atom. The molecular formula is C14H18O4. The second kappa shape index (κ2) is 6.33. The molecule has 18 heavy (non-hydrogen) atoms. The van der Waals surface area contributed by atoms with Crippen LogP contribution in [0.25, 0.3) is 5.57 Å². The van der Waals surface area contributed by atoms with Gasteiger partial charge in [-0.05, 0) is 18.1 Å². The fraction of sp³-hybridized carbons (Fsp3) is 0.357. The number of aliphatic hydroxyl groups excluding tert-OH is 2. The maximum Gasteiger partial charge on any atom is 0.308 e. The Balaban J connectivity index is 2.74. The van der Waals surface area contributed by atoms with E-state index >= 15 is 0 Å². The summed E-state index contributed by atoms with van der Waals surface area (Å²) in [6.07, 6.45) is -2.52. The summed E-state index contributed by atoms with van der Waals surface area (Å²) in [6, 6.07) is 7.03. The summed E-state index contributed by atoms with van der Waals surface area (Å²) in [6.45, 7) is 5.70. The molecule has 1 aromatic carbocycles. The van der Waals surface area contributed by atoms with Crippen LogP contribution in [-0.4, -0.2) is 29.4 Å². The molecule has 0 radical (unpaired) electrons. The normalized spacial score (nSPS) is 13.8. The highest BCUT2D eigenvalue weighted by Crippen LogP contribution is 2.21. The Kier molecular flexibility index (Phi) is 5.07. The number of methoxy groups -OCH3 is 1. The van der Waals surface area contributed by atoms with Crippen LogP contribution in [-0.2, 0) is 9.53 Å². The van der Waals surface area contributed by atoms with Crippen molar-refractivity contribution in [2.24, 2.45) is 0 Å². The zero-order valence-electron chi connectivity index (χ0n) is 10.6. The molecule has 0 fully saturated rings. The number of esters is 1. The Morgan fingerprint density at radius 1 is 1.33 bits per heavy atom. The molecule has 0 aliphatic heterocycles. The predicted octanol–water partition coefficient (Wildman–Crippen LogP) is 1.68. The number of ether oxygens (including phenoxy) is 1. The van der Waals surface area contributed by atoms with E-state index in [9.17, 15) is 15.0 Å². The summed E-state index contributed by atoms with van der Waals surface area (Å²) in [5, 5.41) is 19.6. The molecule has 0 bridgehead atoms. The average Bonchev–Trinajstić information content (AvgIpc) is 2.37. The molecule has 0 amide bonds. The topological polar surface area (TPSA) is 66.8 Å². The lowest BCUT2D eigenvalue weighted by Crippen LogP contribution is -2.22. The highest BCUT2D eigenvalue weighted by Gasteiger charge is 2.21. The van der Waals surface area contributed by atoms with Gasteiger partial charge in [0.2, 0.25) is 0 Å². The van der Waals surface area contributed by atoms with Gasteiger partial charge in [-0.2, -0.15) is 0 Å². The summed E-state index contributed by atoms with van der Waals surface area (Å²) in [5.74, 6) is -0.555. The number of rotatable bonds is 5. The Morgan fingerprint density at radius 2 is 1.89 bits per heavy atom. The van der Waals surface area contributed by atoms with Gasteiger partial charge in [0.25, 0.3) is 0 Å². The van der Waals surface area contributed by atoms with Crippen molar-refractivity contribution in [1.82, 2.24) is 0 Å². The van der Waals surface area contributed by atoms with E-state index in [1.807, 2.05) is 19.1 Å². The molecule has 2 atom stereocenters. The third-order valence-corrected chi connectivity index (χ3v) is 2.71. The van der Waals surface area contributed by atoms with Gasteiger partial charge in [0, 0.05) is 0 Å². The lowest BCUT2D eigenvalue weighted by atomic mass is 9.99. The predicted molar refractivity (Wildman–Crippen MR) is 68.7 cm³/mol. The van der Waals surface area contributed by atoms with E-state index in [1.165, 1.54) is 7.11 Å². The largest absolute Gasteiger partial charge is 0.469 e. The van der Waals surface area contributed by atoms with E-state index < -0.39 is 18.2 Å². The van der Waals surface area contributed by atoms with E-state index in [2.05, 4.69) is 11.3 Å². The minimum atomic E-state index is -1.17. The lowest BCUT2D eigenvalue weighted by Gasteiger charge is -2.17. The molecule has 0 aromatic heterocycles. The summed E-state index contributed by atoms with van der Waals surface area (Å²) >= 11 is 0. The SMILES string of the molecule is C=C(C)c1ccc(C(O)C(O)CC(=O)OC)cc1. The van der Waals surface area contributed by atoms with Crippen molar-refractivity contribution in [2.45, 2.75) is 25.6 Å². The molecule has 98 valence electrons. The van der Waals surface area contributed by atoms with Crippen LogP contribution in [0.4, 0.5) is 0 Å². The number of aliphatic hydroxyl groups is 2. The average molecular weight is 250 g/mol. The van der Waals surface area contributed by atoms with E-state index in [-0.39, 0.29) is 6.42 Å². The third-order valence-electron chi connectivity index (χ3n) is 2.71. The highest BCUT2D eigenvalue weighted by molar-refractivity contribution is 5.69. The van der Waals surface area contributed by atoms with Crippen LogP contribution < -0.4 is 0 Å². The van der Waals surface area contributed by atoms with Crippen LogP contribution in [0, 0.1) is 0 Å². The number of carbonyl (C=O) groups is 1. The first kappa shape index (κ1) is 14.4. The van der Waals surface area contributed by atoms with E-state index in [0.717, 1.165) is 11.1 Å². The molecule has 0 spiro atoms. The number of hydrogen-bond acceptors (Lipinski definition) is 4. The third kappa shape index (κ3) is 3.68. The number of hydrogen-bond donors (Lipinski definition) is 2. The molecule has 1 rings (SSSR count). The van der Waals surface area contributed by atoms with E-state index in [4.69, 9.17) is 0 Å². The standard InChI is InChI=1S/C14H18O4/c1-9(2)10-4-6-11(7-5-10)14(17)12(15)8-13(16)18-3/h4-7,12,14-15,17H,1,8H2,2-3H3. The van der Waals surface area contributed by atoms with Crippen molar-refractivity contribution in [2.75, 3.05) is 7.11 Å².